The molecular weight excluding hydrogens is 470 g/mol. The number of hydrogen-bond donors (Lipinski definition) is 0. The van der Waals surface area contributed by atoms with Crippen LogP contribution in [0.1, 0.15) is 0 Å². The summed E-state index contributed by atoms with van der Waals surface area (Å²) in [5.41, 5.74) is 3.47. The monoisotopic (exact) mass is 495 g/mol. The van der Waals surface area contributed by atoms with Crippen molar-refractivity contribution in [2.24, 2.45) is 0 Å². The highest BCUT2D eigenvalue weighted by molar-refractivity contribution is 6.19. The molecule has 0 aromatic heterocycles. The van der Waals surface area contributed by atoms with Gasteiger partial charge in [-0.25, -0.2) is 0 Å². The molecule has 0 unspecified atom stereocenters. The fourth-order valence-electron chi connectivity index (χ4n) is 6.09. The molecule has 1 heteroatoms. The Bertz CT molecular complexity index is 2110. The number of benzene rings is 8. The minimum Gasteiger partial charge on any atom is -0.310 e. The maximum absolute atomic E-state index is 2.41. The van der Waals surface area contributed by atoms with Crippen LogP contribution in [0, 0.1) is 0 Å². The van der Waals surface area contributed by atoms with Crippen molar-refractivity contribution in [2.45, 2.75) is 0 Å². The van der Waals surface area contributed by atoms with Crippen LogP contribution in [-0.2, 0) is 0 Å². The largest absolute Gasteiger partial charge is 0.310 e. The van der Waals surface area contributed by atoms with E-state index in [1.807, 2.05) is 0 Å². The lowest BCUT2D eigenvalue weighted by Crippen LogP contribution is -2.10. The van der Waals surface area contributed by atoms with Crippen molar-refractivity contribution in [1.82, 2.24) is 0 Å². The number of anilines is 3. The predicted octanol–water partition coefficient (Wildman–Crippen LogP) is 10.9. The van der Waals surface area contributed by atoms with E-state index in [4.69, 9.17) is 0 Å². The first-order valence-corrected chi connectivity index (χ1v) is 13.4. The van der Waals surface area contributed by atoms with E-state index in [2.05, 4.69) is 157 Å². The topological polar surface area (TPSA) is 3.24 Å². The molecule has 8 aromatic rings. The van der Waals surface area contributed by atoms with E-state index in [-0.39, 0.29) is 0 Å². The summed E-state index contributed by atoms with van der Waals surface area (Å²) in [5, 5.41) is 12.6. The van der Waals surface area contributed by atoms with Crippen molar-refractivity contribution >= 4 is 70.9 Å². The number of rotatable bonds is 3. The third-order valence-corrected chi connectivity index (χ3v) is 7.98. The van der Waals surface area contributed by atoms with Crippen molar-refractivity contribution in [3.05, 3.63) is 152 Å². The van der Waals surface area contributed by atoms with Gasteiger partial charge in [-0.15, -0.1) is 0 Å². The zero-order valence-electron chi connectivity index (χ0n) is 21.4. The van der Waals surface area contributed by atoms with Crippen LogP contribution >= 0.6 is 0 Å². The molecular formula is C38H25N. The second-order valence-corrected chi connectivity index (χ2v) is 10.2. The minimum atomic E-state index is 1.15. The van der Waals surface area contributed by atoms with E-state index in [0.717, 1.165) is 11.4 Å². The van der Waals surface area contributed by atoms with Crippen LogP contribution in [0.15, 0.2) is 152 Å². The van der Waals surface area contributed by atoms with Crippen molar-refractivity contribution < 1.29 is 0 Å². The molecule has 0 aliphatic heterocycles. The van der Waals surface area contributed by atoms with E-state index < -0.39 is 0 Å². The SMILES string of the molecule is c1ccc2cc(N(c3ccc4ccccc4c3)c3cccc4c3ccc3c5ccccc5ccc43)ccc2c1. The molecule has 0 spiro atoms. The average molecular weight is 496 g/mol. The average Bonchev–Trinajstić information content (AvgIpc) is 3.01. The Labute approximate surface area is 227 Å². The summed E-state index contributed by atoms with van der Waals surface area (Å²) in [6.07, 6.45) is 0. The number of fused-ring (bicyclic) bond motifs is 7. The Balaban J connectivity index is 1.42. The zero-order valence-corrected chi connectivity index (χ0v) is 21.4. The van der Waals surface area contributed by atoms with Gasteiger partial charge >= 0.3 is 0 Å². The third kappa shape index (κ3) is 3.55. The Morgan fingerprint density at radius 3 is 1.44 bits per heavy atom. The molecule has 0 amide bonds. The number of hydrogen-bond acceptors (Lipinski definition) is 1. The van der Waals surface area contributed by atoms with E-state index in [1.165, 1.54) is 59.5 Å². The Morgan fingerprint density at radius 2 is 0.744 bits per heavy atom. The molecule has 0 N–H and O–H groups in total. The zero-order chi connectivity index (χ0) is 25.8. The molecule has 0 radical (unpaired) electrons. The smallest absolute Gasteiger partial charge is 0.0540 e. The predicted molar refractivity (Wildman–Crippen MR) is 169 cm³/mol. The fraction of sp³-hybridized carbons (Fsp3) is 0. The summed E-state index contributed by atoms with van der Waals surface area (Å²) in [7, 11) is 0. The molecule has 0 aliphatic rings. The van der Waals surface area contributed by atoms with Crippen LogP contribution in [-0.4, -0.2) is 0 Å². The quantitative estimate of drug-likeness (QED) is 0.220. The molecule has 8 aromatic carbocycles. The molecule has 0 heterocycles. The fourth-order valence-corrected chi connectivity index (χ4v) is 6.09. The molecule has 182 valence electrons. The molecule has 0 bridgehead atoms. The second kappa shape index (κ2) is 8.72. The molecule has 1 nitrogen and oxygen atoms in total. The van der Waals surface area contributed by atoms with Crippen LogP contribution in [0.5, 0.6) is 0 Å². The van der Waals surface area contributed by atoms with Gasteiger partial charge in [0.15, 0.2) is 0 Å². The Morgan fingerprint density at radius 1 is 0.282 bits per heavy atom. The molecule has 0 saturated heterocycles. The molecule has 0 atom stereocenters. The Kier molecular flexibility index (Phi) is 4.89. The van der Waals surface area contributed by atoms with Gasteiger partial charge in [-0.1, -0.05) is 121 Å². The first kappa shape index (κ1) is 21.9. The molecule has 8 rings (SSSR count). The summed E-state index contributed by atoms with van der Waals surface area (Å²) in [6, 6.07) is 55.2. The minimum absolute atomic E-state index is 1.15. The van der Waals surface area contributed by atoms with E-state index in [0.29, 0.717) is 0 Å². The highest BCUT2D eigenvalue weighted by Gasteiger charge is 2.17. The lowest BCUT2D eigenvalue weighted by atomic mass is 9.96. The molecule has 0 saturated carbocycles. The normalized spacial score (nSPS) is 11.6. The van der Waals surface area contributed by atoms with E-state index in [1.54, 1.807) is 0 Å². The molecule has 0 fully saturated rings. The molecule has 39 heavy (non-hydrogen) atoms. The van der Waals surface area contributed by atoms with Gasteiger partial charge in [0.05, 0.1) is 5.69 Å². The number of nitrogens with zero attached hydrogens (tertiary/aromatic N) is 1. The van der Waals surface area contributed by atoms with Gasteiger partial charge in [0.25, 0.3) is 0 Å². The van der Waals surface area contributed by atoms with Crippen LogP contribution in [0.25, 0.3) is 53.9 Å². The van der Waals surface area contributed by atoms with Crippen LogP contribution < -0.4 is 4.90 Å². The lowest BCUT2D eigenvalue weighted by molar-refractivity contribution is 1.31. The maximum Gasteiger partial charge on any atom is 0.0540 e. The van der Waals surface area contributed by atoms with Crippen molar-refractivity contribution in [1.29, 1.82) is 0 Å². The van der Waals surface area contributed by atoms with Gasteiger partial charge < -0.3 is 4.90 Å². The Hall–Kier alpha value is -5.14. The first-order valence-electron chi connectivity index (χ1n) is 13.4. The third-order valence-electron chi connectivity index (χ3n) is 7.98. The van der Waals surface area contributed by atoms with E-state index in [9.17, 15) is 0 Å². The summed E-state index contributed by atoms with van der Waals surface area (Å²) in [5.74, 6) is 0. The van der Waals surface area contributed by atoms with Crippen molar-refractivity contribution in [2.75, 3.05) is 4.90 Å². The first-order chi connectivity index (χ1) is 19.3. The van der Waals surface area contributed by atoms with Crippen molar-refractivity contribution in [3.63, 3.8) is 0 Å². The van der Waals surface area contributed by atoms with Crippen molar-refractivity contribution in [3.8, 4) is 0 Å². The van der Waals surface area contributed by atoms with Gasteiger partial charge in [0, 0.05) is 16.8 Å². The second-order valence-electron chi connectivity index (χ2n) is 10.2. The summed E-state index contributed by atoms with van der Waals surface area (Å²) in [4.78, 5) is 2.41. The van der Waals surface area contributed by atoms with Gasteiger partial charge in [-0.2, -0.15) is 0 Å². The molecule has 0 aliphatic carbocycles. The van der Waals surface area contributed by atoms with Gasteiger partial charge in [0.1, 0.15) is 0 Å². The van der Waals surface area contributed by atoms with Gasteiger partial charge in [-0.3, -0.25) is 0 Å². The van der Waals surface area contributed by atoms with Gasteiger partial charge in [-0.05, 0) is 78.8 Å². The van der Waals surface area contributed by atoms with Crippen LogP contribution in [0.2, 0.25) is 0 Å². The summed E-state index contributed by atoms with van der Waals surface area (Å²) < 4.78 is 0. The standard InChI is InChI=1S/C38H25N/c1-3-11-29-24-31(19-16-26(29)8-1)39(32-20-17-27-9-2-4-12-30(27)25-32)38-15-7-14-34-36-21-18-28-10-5-6-13-33(28)35(36)22-23-37(34)38/h1-25H. The van der Waals surface area contributed by atoms with Crippen LogP contribution in [0.3, 0.4) is 0 Å². The summed E-state index contributed by atoms with van der Waals surface area (Å²) >= 11 is 0. The van der Waals surface area contributed by atoms with E-state index >= 15 is 0 Å². The highest BCUT2D eigenvalue weighted by atomic mass is 15.1. The lowest BCUT2D eigenvalue weighted by Gasteiger charge is -2.28. The highest BCUT2D eigenvalue weighted by Crippen LogP contribution is 2.42. The summed E-state index contributed by atoms with van der Waals surface area (Å²) in [6.45, 7) is 0. The van der Waals surface area contributed by atoms with Gasteiger partial charge in [0.2, 0.25) is 0 Å². The van der Waals surface area contributed by atoms with Crippen LogP contribution in [0.4, 0.5) is 17.1 Å². The maximum atomic E-state index is 2.41.